The number of rotatable bonds is 8. The molecule has 0 bridgehead atoms. The van der Waals surface area contributed by atoms with Gasteiger partial charge in [-0.2, -0.15) is 0 Å². The highest BCUT2D eigenvalue weighted by atomic mass is 35.5. The second-order valence-corrected chi connectivity index (χ2v) is 4.58. The number of halogens is 1. The topological polar surface area (TPSA) is 16.1 Å². The second-order valence-electron chi connectivity index (χ2n) is 4.31. The van der Waals surface area contributed by atoms with Crippen LogP contribution >= 0.6 is 11.6 Å². The summed E-state index contributed by atoms with van der Waals surface area (Å²) in [4.78, 5) is 6.97. The average molecular weight is 255 g/mol. The third-order valence-electron chi connectivity index (χ3n) is 2.82. The molecular weight excluding hydrogens is 232 g/mol. The Balaban J connectivity index is 2.71. The van der Waals surface area contributed by atoms with Crippen molar-refractivity contribution >= 4 is 17.4 Å². The Morgan fingerprint density at radius 3 is 2.29 bits per heavy atom. The van der Waals surface area contributed by atoms with Gasteiger partial charge >= 0.3 is 0 Å². The predicted octanol–water partition coefficient (Wildman–Crippen LogP) is 4.23. The number of nitrogens with zero attached hydrogens (tertiary/aromatic N) is 2. The maximum absolute atomic E-state index is 5.83. The molecule has 2 nitrogen and oxygen atoms in total. The van der Waals surface area contributed by atoms with Crippen molar-refractivity contribution in [1.82, 2.24) is 4.98 Å². The molecule has 0 saturated heterocycles. The first-order chi connectivity index (χ1) is 8.31. The first-order valence-corrected chi connectivity index (χ1v) is 7.12. The zero-order chi connectivity index (χ0) is 12.5. The number of hydrogen-bond donors (Lipinski definition) is 0. The minimum absolute atomic E-state index is 0.489. The van der Waals surface area contributed by atoms with E-state index in [2.05, 4.69) is 29.8 Å². The van der Waals surface area contributed by atoms with E-state index in [-0.39, 0.29) is 0 Å². The summed E-state index contributed by atoms with van der Waals surface area (Å²) in [7, 11) is 0. The van der Waals surface area contributed by atoms with Crippen molar-refractivity contribution in [3.8, 4) is 0 Å². The molecule has 0 saturated carbocycles. The van der Waals surface area contributed by atoms with Gasteiger partial charge in [0.25, 0.3) is 0 Å². The third kappa shape index (κ3) is 4.95. The van der Waals surface area contributed by atoms with Crippen molar-refractivity contribution < 1.29 is 0 Å². The summed E-state index contributed by atoms with van der Waals surface area (Å²) in [6, 6.07) is 6.11. The van der Waals surface area contributed by atoms with Crippen molar-refractivity contribution in [1.29, 1.82) is 0 Å². The molecule has 0 amide bonds. The summed E-state index contributed by atoms with van der Waals surface area (Å²) in [6.45, 7) is 6.63. The van der Waals surface area contributed by atoms with Gasteiger partial charge in [0.1, 0.15) is 5.82 Å². The van der Waals surface area contributed by atoms with Gasteiger partial charge < -0.3 is 4.90 Å². The molecule has 0 aliphatic carbocycles. The molecule has 96 valence electrons. The van der Waals surface area contributed by atoms with E-state index in [1.165, 1.54) is 25.7 Å². The van der Waals surface area contributed by atoms with E-state index < -0.39 is 0 Å². The summed E-state index contributed by atoms with van der Waals surface area (Å²) in [5.41, 5.74) is 0.960. The molecule has 0 atom stereocenters. The standard InChI is InChI=1S/C14H23ClN2/c1-3-5-10-17(11-6-4-2)14-9-7-8-13(12-15)16-14/h7-9H,3-6,10-12H2,1-2H3. The minimum Gasteiger partial charge on any atom is -0.357 e. The zero-order valence-electron chi connectivity index (χ0n) is 11.0. The second kappa shape index (κ2) is 8.35. The number of alkyl halides is 1. The van der Waals surface area contributed by atoms with Crippen LogP contribution < -0.4 is 4.90 Å². The third-order valence-corrected chi connectivity index (χ3v) is 3.09. The maximum atomic E-state index is 5.83. The first-order valence-electron chi connectivity index (χ1n) is 6.58. The highest BCUT2D eigenvalue weighted by molar-refractivity contribution is 6.16. The molecule has 0 unspecified atom stereocenters. The lowest BCUT2D eigenvalue weighted by Crippen LogP contribution is -2.26. The molecule has 0 radical (unpaired) electrons. The van der Waals surface area contributed by atoms with Gasteiger partial charge in [0, 0.05) is 13.1 Å². The Morgan fingerprint density at radius 1 is 1.12 bits per heavy atom. The molecule has 1 rings (SSSR count). The van der Waals surface area contributed by atoms with Crippen LogP contribution in [0.15, 0.2) is 18.2 Å². The van der Waals surface area contributed by atoms with Gasteiger partial charge in [0.15, 0.2) is 0 Å². The Hall–Kier alpha value is -0.760. The first kappa shape index (κ1) is 14.3. The summed E-state index contributed by atoms with van der Waals surface area (Å²) in [5, 5.41) is 0. The highest BCUT2D eigenvalue weighted by Gasteiger charge is 2.07. The fourth-order valence-corrected chi connectivity index (χ4v) is 1.91. The van der Waals surface area contributed by atoms with E-state index in [0.29, 0.717) is 5.88 Å². The lowest BCUT2D eigenvalue weighted by atomic mass is 10.2. The van der Waals surface area contributed by atoms with Gasteiger partial charge in [0.2, 0.25) is 0 Å². The van der Waals surface area contributed by atoms with Crippen molar-refractivity contribution in [2.24, 2.45) is 0 Å². The normalized spacial score (nSPS) is 10.5. The van der Waals surface area contributed by atoms with Crippen LogP contribution in [0.1, 0.15) is 45.2 Å². The average Bonchev–Trinajstić information content (AvgIpc) is 2.39. The largest absolute Gasteiger partial charge is 0.357 e. The molecule has 1 heterocycles. The fourth-order valence-electron chi connectivity index (χ4n) is 1.76. The molecule has 0 fully saturated rings. The highest BCUT2D eigenvalue weighted by Crippen LogP contribution is 2.14. The van der Waals surface area contributed by atoms with E-state index in [1.807, 2.05) is 12.1 Å². The van der Waals surface area contributed by atoms with Crippen LogP contribution in [0.5, 0.6) is 0 Å². The molecule has 0 spiro atoms. The van der Waals surface area contributed by atoms with Crippen LogP contribution in [0, 0.1) is 0 Å². The maximum Gasteiger partial charge on any atom is 0.128 e. The molecule has 0 N–H and O–H groups in total. The number of hydrogen-bond acceptors (Lipinski definition) is 2. The Bertz CT molecular complexity index is 307. The van der Waals surface area contributed by atoms with Gasteiger partial charge in [-0.25, -0.2) is 4.98 Å². The smallest absolute Gasteiger partial charge is 0.128 e. The quantitative estimate of drug-likeness (QED) is 0.646. The van der Waals surface area contributed by atoms with E-state index in [0.717, 1.165) is 24.6 Å². The van der Waals surface area contributed by atoms with Crippen LogP contribution in [-0.4, -0.2) is 18.1 Å². The summed E-state index contributed by atoms with van der Waals surface area (Å²) in [5.74, 6) is 1.56. The van der Waals surface area contributed by atoms with Crippen LogP contribution in [0.3, 0.4) is 0 Å². The molecular formula is C14H23ClN2. The van der Waals surface area contributed by atoms with Crippen LogP contribution in [0.25, 0.3) is 0 Å². The van der Waals surface area contributed by atoms with Gasteiger partial charge in [0.05, 0.1) is 11.6 Å². The molecule has 1 aromatic heterocycles. The minimum atomic E-state index is 0.489. The van der Waals surface area contributed by atoms with E-state index in [4.69, 9.17) is 11.6 Å². The Labute approximate surface area is 110 Å². The van der Waals surface area contributed by atoms with Gasteiger partial charge in [-0.05, 0) is 25.0 Å². The molecule has 17 heavy (non-hydrogen) atoms. The number of aromatic nitrogens is 1. The zero-order valence-corrected chi connectivity index (χ0v) is 11.7. The van der Waals surface area contributed by atoms with Gasteiger partial charge in [-0.1, -0.05) is 32.8 Å². The number of anilines is 1. The molecule has 0 aliphatic rings. The van der Waals surface area contributed by atoms with Crippen LogP contribution in [0.4, 0.5) is 5.82 Å². The van der Waals surface area contributed by atoms with Gasteiger partial charge in [-0.3, -0.25) is 0 Å². The summed E-state index contributed by atoms with van der Waals surface area (Å²) in [6.07, 6.45) is 4.88. The summed E-state index contributed by atoms with van der Waals surface area (Å²) < 4.78 is 0. The van der Waals surface area contributed by atoms with E-state index in [1.54, 1.807) is 0 Å². The van der Waals surface area contributed by atoms with Crippen molar-refractivity contribution in [3.63, 3.8) is 0 Å². The number of unbranched alkanes of at least 4 members (excludes halogenated alkanes) is 2. The fraction of sp³-hybridized carbons (Fsp3) is 0.643. The SMILES string of the molecule is CCCCN(CCCC)c1cccc(CCl)n1. The van der Waals surface area contributed by atoms with E-state index >= 15 is 0 Å². The number of pyridine rings is 1. The Morgan fingerprint density at radius 2 is 1.76 bits per heavy atom. The Kier molecular flexibility index (Phi) is 7.02. The summed E-state index contributed by atoms with van der Waals surface area (Å²) >= 11 is 5.83. The van der Waals surface area contributed by atoms with E-state index in [9.17, 15) is 0 Å². The van der Waals surface area contributed by atoms with Gasteiger partial charge in [-0.15, -0.1) is 11.6 Å². The van der Waals surface area contributed by atoms with Crippen LogP contribution in [-0.2, 0) is 5.88 Å². The monoisotopic (exact) mass is 254 g/mol. The van der Waals surface area contributed by atoms with Crippen LogP contribution in [0.2, 0.25) is 0 Å². The molecule has 1 aromatic rings. The molecule has 0 aromatic carbocycles. The van der Waals surface area contributed by atoms with Crippen molar-refractivity contribution in [2.75, 3.05) is 18.0 Å². The van der Waals surface area contributed by atoms with Crippen molar-refractivity contribution in [3.05, 3.63) is 23.9 Å². The lowest BCUT2D eigenvalue weighted by Gasteiger charge is -2.23. The predicted molar refractivity (Wildman–Crippen MR) is 75.8 cm³/mol. The molecule has 0 aliphatic heterocycles. The van der Waals surface area contributed by atoms with Crippen molar-refractivity contribution in [2.45, 2.75) is 45.4 Å². The molecule has 3 heteroatoms. The lowest BCUT2D eigenvalue weighted by molar-refractivity contribution is 0.670.